The average Bonchev–Trinajstić information content (AvgIpc) is 3.22. The molecule has 5 nitrogen and oxygen atoms in total. The van der Waals surface area contributed by atoms with E-state index in [1.165, 1.54) is 30.5 Å². The van der Waals surface area contributed by atoms with Crippen molar-refractivity contribution in [1.82, 2.24) is 14.9 Å². The number of likely N-dealkylation sites (tertiary alicyclic amines) is 1. The van der Waals surface area contributed by atoms with Crippen molar-refractivity contribution >= 4 is 15.9 Å². The van der Waals surface area contributed by atoms with Crippen molar-refractivity contribution in [2.75, 3.05) is 20.8 Å². The van der Waals surface area contributed by atoms with Gasteiger partial charge in [0, 0.05) is 46.4 Å². The second kappa shape index (κ2) is 9.01. The lowest BCUT2D eigenvalue weighted by molar-refractivity contribution is 0.138. The van der Waals surface area contributed by atoms with Gasteiger partial charge in [0.1, 0.15) is 0 Å². The van der Waals surface area contributed by atoms with Gasteiger partial charge in [0.05, 0.1) is 14.2 Å². The second-order valence-electron chi connectivity index (χ2n) is 7.35. The van der Waals surface area contributed by atoms with E-state index in [0.29, 0.717) is 11.8 Å². The van der Waals surface area contributed by atoms with Crippen LogP contribution >= 0.6 is 15.9 Å². The minimum Gasteiger partial charge on any atom is -0.493 e. The monoisotopic (exact) mass is 455 g/mol. The van der Waals surface area contributed by atoms with Crippen LogP contribution < -0.4 is 9.47 Å². The lowest BCUT2D eigenvalue weighted by Gasteiger charge is -2.35. The largest absolute Gasteiger partial charge is 0.493 e. The van der Waals surface area contributed by atoms with Crippen LogP contribution in [0.4, 0.5) is 0 Å². The van der Waals surface area contributed by atoms with Crippen LogP contribution in [0.3, 0.4) is 0 Å². The molecule has 0 aliphatic carbocycles. The van der Waals surface area contributed by atoms with E-state index in [1.807, 2.05) is 24.5 Å². The van der Waals surface area contributed by atoms with Gasteiger partial charge >= 0.3 is 0 Å². The number of ether oxygens (including phenoxy) is 2. The van der Waals surface area contributed by atoms with Crippen molar-refractivity contribution in [2.24, 2.45) is 0 Å². The Balaban J connectivity index is 1.59. The van der Waals surface area contributed by atoms with Gasteiger partial charge in [-0.2, -0.15) is 0 Å². The van der Waals surface area contributed by atoms with E-state index in [4.69, 9.17) is 9.47 Å². The third-order valence-corrected chi connectivity index (χ3v) is 5.99. The van der Waals surface area contributed by atoms with E-state index in [0.717, 1.165) is 34.6 Å². The maximum Gasteiger partial charge on any atom is 0.170 e. The van der Waals surface area contributed by atoms with Gasteiger partial charge in [0.2, 0.25) is 0 Å². The fraction of sp³-hybridized carbons (Fsp3) is 0.348. The molecule has 2 aromatic heterocycles. The van der Waals surface area contributed by atoms with Gasteiger partial charge in [-0.05, 0) is 55.3 Å². The maximum absolute atomic E-state index is 5.63. The van der Waals surface area contributed by atoms with Crippen molar-refractivity contribution < 1.29 is 9.47 Å². The van der Waals surface area contributed by atoms with Gasteiger partial charge in [-0.25, -0.2) is 0 Å². The first-order valence-corrected chi connectivity index (χ1v) is 10.7. The molecular weight excluding hydrogens is 430 g/mol. The quantitative estimate of drug-likeness (QED) is 0.526. The molecule has 0 spiro atoms. The number of rotatable bonds is 6. The first-order chi connectivity index (χ1) is 14.2. The van der Waals surface area contributed by atoms with Crippen LogP contribution in [0.5, 0.6) is 11.5 Å². The Morgan fingerprint density at radius 1 is 1.17 bits per heavy atom. The number of hydrogen-bond acceptors (Lipinski definition) is 4. The molecule has 29 heavy (non-hydrogen) atoms. The van der Waals surface area contributed by atoms with Gasteiger partial charge < -0.3 is 14.5 Å². The fourth-order valence-electron chi connectivity index (χ4n) is 4.17. The number of hydrogen-bond donors (Lipinski definition) is 1. The molecule has 3 aromatic rings. The number of benzene rings is 1. The molecule has 1 fully saturated rings. The van der Waals surface area contributed by atoms with Gasteiger partial charge in [-0.15, -0.1) is 0 Å². The smallest absolute Gasteiger partial charge is 0.170 e. The average molecular weight is 456 g/mol. The minimum absolute atomic E-state index is 0.421. The summed E-state index contributed by atoms with van der Waals surface area (Å²) >= 11 is 3.57. The number of pyridine rings is 1. The molecule has 4 rings (SSSR count). The van der Waals surface area contributed by atoms with Crippen molar-refractivity contribution in [2.45, 2.75) is 31.8 Å². The fourth-order valence-corrected chi connectivity index (χ4v) is 4.61. The number of nitrogens with one attached hydrogen (secondary N) is 1. The molecule has 0 saturated carbocycles. The normalized spacial score (nSPS) is 17.3. The van der Waals surface area contributed by atoms with Crippen molar-refractivity contribution in [1.29, 1.82) is 0 Å². The van der Waals surface area contributed by atoms with E-state index in [1.54, 1.807) is 14.2 Å². The third-order valence-electron chi connectivity index (χ3n) is 5.54. The summed E-state index contributed by atoms with van der Waals surface area (Å²) < 4.78 is 12.1. The number of nitrogens with zero attached hydrogens (tertiary/aromatic N) is 2. The molecule has 1 aromatic carbocycles. The molecule has 1 unspecified atom stereocenters. The predicted molar refractivity (Wildman–Crippen MR) is 118 cm³/mol. The highest BCUT2D eigenvalue weighted by atomic mass is 79.9. The SMILES string of the molecule is COc1cc(Br)cc(-c2ccc(CN3CCCCC3c3cccnc3)[nH]2)c1OC. The van der Waals surface area contributed by atoms with Crippen molar-refractivity contribution in [3.05, 3.63) is 64.5 Å². The predicted octanol–water partition coefficient (Wildman–Crippen LogP) is 5.58. The summed E-state index contributed by atoms with van der Waals surface area (Å²) in [5.41, 5.74) is 4.49. The molecule has 1 aliphatic heterocycles. The van der Waals surface area contributed by atoms with Gasteiger partial charge in [0.25, 0.3) is 0 Å². The molecule has 0 radical (unpaired) electrons. The highest BCUT2D eigenvalue weighted by Crippen LogP contribution is 2.40. The van der Waals surface area contributed by atoms with Gasteiger partial charge in [-0.3, -0.25) is 9.88 Å². The van der Waals surface area contributed by atoms with Crippen molar-refractivity contribution in [3.63, 3.8) is 0 Å². The molecule has 1 N–H and O–H groups in total. The number of halogens is 1. The zero-order valence-electron chi connectivity index (χ0n) is 16.8. The third kappa shape index (κ3) is 4.33. The summed E-state index contributed by atoms with van der Waals surface area (Å²) in [4.78, 5) is 10.5. The van der Waals surface area contributed by atoms with Crippen LogP contribution in [-0.4, -0.2) is 35.6 Å². The van der Waals surface area contributed by atoms with Crippen molar-refractivity contribution in [3.8, 4) is 22.8 Å². The number of aromatic nitrogens is 2. The van der Waals surface area contributed by atoms with Crippen LogP contribution in [0.1, 0.15) is 36.6 Å². The number of H-pyrrole nitrogens is 1. The van der Waals surface area contributed by atoms with E-state index in [9.17, 15) is 0 Å². The topological polar surface area (TPSA) is 50.4 Å². The van der Waals surface area contributed by atoms with Crippen LogP contribution in [0, 0.1) is 0 Å². The number of aromatic amines is 1. The van der Waals surface area contributed by atoms with Gasteiger partial charge in [-0.1, -0.05) is 28.4 Å². The summed E-state index contributed by atoms with van der Waals surface area (Å²) in [6.45, 7) is 1.98. The Hall–Kier alpha value is -2.31. The lowest BCUT2D eigenvalue weighted by atomic mass is 9.96. The molecule has 0 bridgehead atoms. The Morgan fingerprint density at radius 2 is 2.07 bits per heavy atom. The zero-order valence-corrected chi connectivity index (χ0v) is 18.4. The van der Waals surface area contributed by atoms with E-state index >= 15 is 0 Å². The van der Waals surface area contributed by atoms with Gasteiger partial charge in [0.15, 0.2) is 11.5 Å². The Labute approximate surface area is 180 Å². The Morgan fingerprint density at radius 3 is 2.83 bits per heavy atom. The highest BCUT2D eigenvalue weighted by Gasteiger charge is 2.24. The summed E-state index contributed by atoms with van der Waals surface area (Å²) in [6.07, 6.45) is 7.52. The number of piperidine rings is 1. The van der Waals surface area contributed by atoms with E-state index in [-0.39, 0.29) is 0 Å². The Bertz CT molecular complexity index is 958. The summed E-state index contributed by atoms with van der Waals surface area (Å²) in [6, 6.07) is 12.9. The van der Waals surface area contributed by atoms with Crippen LogP contribution in [0.25, 0.3) is 11.3 Å². The zero-order chi connectivity index (χ0) is 20.2. The van der Waals surface area contributed by atoms with Crippen LogP contribution in [0.2, 0.25) is 0 Å². The molecule has 1 saturated heterocycles. The lowest BCUT2D eigenvalue weighted by Crippen LogP contribution is -2.33. The molecule has 6 heteroatoms. The summed E-state index contributed by atoms with van der Waals surface area (Å²) in [7, 11) is 3.33. The van der Waals surface area contributed by atoms with Crippen LogP contribution in [0.15, 0.2) is 53.3 Å². The number of methoxy groups -OCH3 is 2. The highest BCUT2D eigenvalue weighted by molar-refractivity contribution is 9.10. The Kier molecular flexibility index (Phi) is 6.21. The summed E-state index contributed by atoms with van der Waals surface area (Å²) in [5, 5.41) is 0. The molecule has 3 heterocycles. The second-order valence-corrected chi connectivity index (χ2v) is 8.27. The summed E-state index contributed by atoms with van der Waals surface area (Å²) in [5.74, 6) is 1.44. The molecule has 0 amide bonds. The first-order valence-electron chi connectivity index (χ1n) is 9.93. The molecule has 152 valence electrons. The van der Waals surface area contributed by atoms with Crippen LogP contribution in [-0.2, 0) is 6.54 Å². The van der Waals surface area contributed by atoms with E-state index < -0.39 is 0 Å². The molecule has 1 atom stereocenters. The standard InChI is InChI=1S/C23H26BrN3O2/c1-28-22-13-17(24)12-19(23(22)29-2)20-9-8-18(26-20)15-27-11-4-3-7-21(27)16-6-5-10-25-14-16/h5-6,8-10,12-14,21,26H,3-4,7,11,15H2,1-2H3. The molecule has 1 aliphatic rings. The minimum atomic E-state index is 0.421. The van der Waals surface area contributed by atoms with E-state index in [2.05, 4.69) is 55.1 Å². The molecular formula is C23H26BrN3O2. The first kappa shape index (κ1) is 20.0. The maximum atomic E-state index is 5.63.